The number of rotatable bonds is 7. The van der Waals surface area contributed by atoms with Crippen LogP contribution in [0.2, 0.25) is 0 Å². The molecule has 172 valence electrons. The Morgan fingerprint density at radius 3 is 2.71 bits per heavy atom. The van der Waals surface area contributed by atoms with Gasteiger partial charge in [-0.3, -0.25) is 9.58 Å². The number of aromatic nitrogens is 2. The number of halogens is 1. The predicted octanol–water partition coefficient (Wildman–Crippen LogP) is 3.42. The molecule has 1 aliphatic heterocycles. The maximum absolute atomic E-state index is 6.00. The number of morpholine rings is 1. The van der Waals surface area contributed by atoms with E-state index in [4.69, 9.17) is 9.73 Å². The third-order valence-corrected chi connectivity index (χ3v) is 5.62. The average Bonchev–Trinajstić information content (AvgIpc) is 3.18. The van der Waals surface area contributed by atoms with Gasteiger partial charge < -0.3 is 15.0 Å². The first-order chi connectivity index (χ1) is 14.5. The van der Waals surface area contributed by atoms with Crippen LogP contribution in [0.3, 0.4) is 0 Å². The number of nitrogens with zero attached hydrogens (tertiary/aromatic N) is 5. The highest BCUT2D eigenvalue weighted by molar-refractivity contribution is 14.0. The first kappa shape index (κ1) is 25.6. The van der Waals surface area contributed by atoms with Crippen molar-refractivity contribution in [2.45, 2.75) is 46.0 Å². The van der Waals surface area contributed by atoms with Gasteiger partial charge in [0, 0.05) is 44.5 Å². The van der Waals surface area contributed by atoms with Crippen molar-refractivity contribution >= 4 is 29.9 Å². The third-order valence-electron chi connectivity index (χ3n) is 5.62. The summed E-state index contributed by atoms with van der Waals surface area (Å²) in [7, 11) is 4.10. The minimum Gasteiger partial charge on any atom is -0.370 e. The van der Waals surface area contributed by atoms with E-state index < -0.39 is 0 Å². The predicted molar refractivity (Wildman–Crippen MR) is 137 cm³/mol. The van der Waals surface area contributed by atoms with Crippen LogP contribution in [-0.2, 0) is 24.9 Å². The van der Waals surface area contributed by atoms with Crippen LogP contribution < -0.4 is 5.32 Å². The first-order valence-electron chi connectivity index (χ1n) is 10.9. The molecule has 1 N–H and O–H groups in total. The molecule has 1 aromatic carbocycles. The Labute approximate surface area is 203 Å². The summed E-state index contributed by atoms with van der Waals surface area (Å²) in [5, 5.41) is 7.76. The van der Waals surface area contributed by atoms with Crippen molar-refractivity contribution in [3.8, 4) is 0 Å². The van der Waals surface area contributed by atoms with Crippen LogP contribution in [0.1, 0.15) is 43.6 Å². The third kappa shape index (κ3) is 7.18. The zero-order valence-corrected chi connectivity index (χ0v) is 21.7. The van der Waals surface area contributed by atoms with E-state index in [-0.39, 0.29) is 30.1 Å². The van der Waals surface area contributed by atoms with E-state index in [0.29, 0.717) is 19.2 Å². The van der Waals surface area contributed by atoms with Crippen LogP contribution in [-0.4, -0.2) is 64.9 Å². The first-order valence-corrected chi connectivity index (χ1v) is 10.9. The van der Waals surface area contributed by atoms with Gasteiger partial charge in [-0.05, 0) is 38.9 Å². The maximum Gasteiger partial charge on any atom is 0.194 e. The quantitative estimate of drug-likeness (QED) is 0.332. The summed E-state index contributed by atoms with van der Waals surface area (Å²) in [4.78, 5) is 9.64. The summed E-state index contributed by atoms with van der Waals surface area (Å²) in [6.45, 7) is 11.3. The smallest absolute Gasteiger partial charge is 0.194 e. The fourth-order valence-electron chi connectivity index (χ4n) is 3.55. The molecule has 2 aromatic rings. The Balaban J connectivity index is 0.00000341. The van der Waals surface area contributed by atoms with E-state index in [1.807, 2.05) is 24.1 Å². The molecular weight excluding hydrogens is 503 g/mol. The van der Waals surface area contributed by atoms with Gasteiger partial charge in [0.1, 0.15) is 6.10 Å². The van der Waals surface area contributed by atoms with Crippen LogP contribution in [0.4, 0.5) is 0 Å². The van der Waals surface area contributed by atoms with Crippen molar-refractivity contribution < 1.29 is 4.74 Å². The van der Waals surface area contributed by atoms with Crippen molar-refractivity contribution in [2.24, 2.45) is 12.0 Å². The summed E-state index contributed by atoms with van der Waals surface area (Å²) in [6.07, 6.45) is 3.93. The minimum absolute atomic E-state index is 0. The van der Waals surface area contributed by atoms with Gasteiger partial charge in [-0.2, -0.15) is 5.10 Å². The van der Waals surface area contributed by atoms with E-state index in [1.165, 1.54) is 11.1 Å². The van der Waals surface area contributed by atoms with E-state index in [2.05, 4.69) is 72.3 Å². The molecule has 1 aliphatic rings. The lowest BCUT2D eigenvalue weighted by Gasteiger charge is -2.34. The summed E-state index contributed by atoms with van der Waals surface area (Å²) in [5.41, 5.74) is 3.72. The van der Waals surface area contributed by atoms with Gasteiger partial charge in [0.25, 0.3) is 0 Å². The number of hydrogen-bond acceptors (Lipinski definition) is 4. The molecule has 1 atom stereocenters. The summed E-state index contributed by atoms with van der Waals surface area (Å²) in [5.74, 6) is 0.946. The van der Waals surface area contributed by atoms with Gasteiger partial charge in [-0.25, -0.2) is 4.99 Å². The second kappa shape index (κ2) is 12.4. The highest BCUT2D eigenvalue weighted by Crippen LogP contribution is 2.22. The molecule has 3 rings (SSSR count). The molecule has 0 bridgehead atoms. The van der Waals surface area contributed by atoms with Gasteiger partial charge in [0.05, 0.1) is 25.9 Å². The number of ether oxygens (including phenoxy) is 1. The van der Waals surface area contributed by atoms with Crippen molar-refractivity contribution in [2.75, 3.05) is 33.3 Å². The lowest BCUT2D eigenvalue weighted by molar-refractivity contribution is -0.00805. The molecule has 0 aliphatic carbocycles. The number of benzene rings is 1. The van der Waals surface area contributed by atoms with Crippen LogP contribution in [0.5, 0.6) is 0 Å². The second-order valence-corrected chi connectivity index (χ2v) is 8.20. The number of aryl methyl sites for hydroxylation is 1. The van der Waals surface area contributed by atoms with E-state index in [9.17, 15) is 0 Å². The SMILES string of the molecule is CCNC(=NCc1ccccc1CN(C)C(C)C)N1CCOC(c2cnn(C)c2)C1.I. The Morgan fingerprint density at radius 1 is 1.32 bits per heavy atom. The van der Waals surface area contributed by atoms with E-state index in [0.717, 1.165) is 37.7 Å². The minimum atomic E-state index is 0. The largest absolute Gasteiger partial charge is 0.370 e. The Bertz CT molecular complexity index is 837. The highest BCUT2D eigenvalue weighted by Gasteiger charge is 2.25. The molecular formula is C23H37IN6O. The molecule has 2 heterocycles. The van der Waals surface area contributed by atoms with Crippen molar-refractivity contribution in [3.63, 3.8) is 0 Å². The van der Waals surface area contributed by atoms with Crippen molar-refractivity contribution in [1.82, 2.24) is 24.9 Å². The highest BCUT2D eigenvalue weighted by atomic mass is 127. The van der Waals surface area contributed by atoms with Crippen LogP contribution >= 0.6 is 24.0 Å². The second-order valence-electron chi connectivity index (χ2n) is 8.20. The molecule has 31 heavy (non-hydrogen) atoms. The van der Waals surface area contributed by atoms with E-state index in [1.54, 1.807) is 0 Å². The fourth-order valence-corrected chi connectivity index (χ4v) is 3.55. The molecule has 8 heteroatoms. The number of nitrogens with one attached hydrogen (secondary N) is 1. The van der Waals surface area contributed by atoms with Gasteiger partial charge in [0.2, 0.25) is 0 Å². The fraction of sp³-hybridized carbons (Fsp3) is 0.565. The summed E-state index contributed by atoms with van der Waals surface area (Å²) >= 11 is 0. The molecule has 1 fully saturated rings. The zero-order valence-electron chi connectivity index (χ0n) is 19.4. The zero-order chi connectivity index (χ0) is 21.5. The lowest BCUT2D eigenvalue weighted by atomic mass is 10.1. The van der Waals surface area contributed by atoms with Gasteiger partial charge >= 0.3 is 0 Å². The Morgan fingerprint density at radius 2 is 2.06 bits per heavy atom. The standard InChI is InChI=1S/C23H36N6O.HI/c1-6-24-23(29-11-12-30-22(17-29)21-14-26-28(5)16-21)25-13-19-9-7-8-10-20(19)15-27(4)18(2)3;/h7-10,14,16,18,22H,6,11-13,15,17H2,1-5H3,(H,24,25);1H. The number of aliphatic imine (C=N–C) groups is 1. The normalized spacial score (nSPS) is 17.2. The van der Waals surface area contributed by atoms with Crippen molar-refractivity contribution in [3.05, 3.63) is 53.3 Å². The molecule has 1 unspecified atom stereocenters. The molecule has 0 radical (unpaired) electrons. The molecule has 7 nitrogen and oxygen atoms in total. The van der Waals surface area contributed by atoms with Crippen LogP contribution in [0, 0.1) is 0 Å². The molecule has 0 saturated carbocycles. The Hall–Kier alpha value is -1.65. The van der Waals surface area contributed by atoms with Crippen molar-refractivity contribution in [1.29, 1.82) is 0 Å². The lowest BCUT2D eigenvalue weighted by Crippen LogP contribution is -2.48. The molecule has 0 amide bonds. The Kier molecular flexibility index (Phi) is 10.2. The van der Waals surface area contributed by atoms with Crippen LogP contribution in [0.25, 0.3) is 0 Å². The van der Waals surface area contributed by atoms with Gasteiger partial charge in [0.15, 0.2) is 5.96 Å². The molecule has 0 spiro atoms. The van der Waals surface area contributed by atoms with Gasteiger partial charge in [-0.15, -0.1) is 24.0 Å². The van der Waals surface area contributed by atoms with E-state index >= 15 is 0 Å². The topological polar surface area (TPSA) is 57.9 Å². The molecule has 1 aromatic heterocycles. The average molecular weight is 540 g/mol. The summed E-state index contributed by atoms with van der Waals surface area (Å²) < 4.78 is 7.82. The summed E-state index contributed by atoms with van der Waals surface area (Å²) in [6, 6.07) is 9.13. The van der Waals surface area contributed by atoms with Gasteiger partial charge in [-0.1, -0.05) is 24.3 Å². The monoisotopic (exact) mass is 540 g/mol. The maximum atomic E-state index is 6.00. The number of guanidine groups is 1. The van der Waals surface area contributed by atoms with Crippen LogP contribution in [0.15, 0.2) is 41.7 Å². The molecule has 1 saturated heterocycles. The number of hydrogen-bond donors (Lipinski definition) is 1.